The average molecular weight is 571 g/mol. The molecule has 2 saturated heterocycles. The summed E-state index contributed by atoms with van der Waals surface area (Å²) >= 11 is 0. The minimum Gasteiger partial charge on any atom is -0.493 e. The van der Waals surface area contributed by atoms with Gasteiger partial charge in [-0.25, -0.2) is 0 Å². The molecule has 3 unspecified atom stereocenters. The number of methoxy groups -OCH3 is 2. The predicted octanol–water partition coefficient (Wildman–Crippen LogP) is 3.36. The number of guanidine groups is 1. The van der Waals surface area contributed by atoms with Gasteiger partial charge in [0.05, 0.1) is 20.3 Å². The molecule has 0 aromatic heterocycles. The van der Waals surface area contributed by atoms with Crippen LogP contribution in [0.25, 0.3) is 0 Å². The second kappa shape index (κ2) is 10.6. The van der Waals surface area contributed by atoms with Crippen LogP contribution < -0.4 is 14.8 Å². The van der Waals surface area contributed by atoms with E-state index < -0.39 is 0 Å². The van der Waals surface area contributed by atoms with Crippen molar-refractivity contribution in [3.8, 4) is 11.5 Å². The van der Waals surface area contributed by atoms with Crippen LogP contribution in [-0.2, 0) is 11.3 Å². The van der Waals surface area contributed by atoms with Gasteiger partial charge in [0.15, 0.2) is 17.5 Å². The molecule has 1 aromatic rings. The largest absolute Gasteiger partial charge is 0.493 e. The Balaban J connectivity index is 0.00000259. The molecule has 8 heteroatoms. The minimum atomic E-state index is 0. The first kappa shape index (κ1) is 24.9. The Hall–Kier alpha value is -1.26. The number of halogens is 1. The zero-order valence-electron chi connectivity index (χ0n) is 20.2. The Labute approximate surface area is 215 Å². The number of nitrogens with one attached hydrogen (secondary N) is 1. The molecular weight excluding hydrogens is 531 g/mol. The highest BCUT2D eigenvalue weighted by Gasteiger charge is 2.66. The molecule has 0 radical (unpaired) electrons. The Kier molecular flexibility index (Phi) is 7.95. The van der Waals surface area contributed by atoms with Crippen molar-refractivity contribution in [1.29, 1.82) is 0 Å². The van der Waals surface area contributed by atoms with Crippen LogP contribution in [0, 0.1) is 11.3 Å². The average Bonchev–Trinajstić information content (AvgIpc) is 3.21. The number of aliphatic imine (C=N–C) groups is 1. The minimum absolute atomic E-state index is 0. The highest BCUT2D eigenvalue weighted by Crippen LogP contribution is 2.62. The first-order valence-electron chi connectivity index (χ1n) is 12.3. The van der Waals surface area contributed by atoms with Crippen molar-refractivity contribution in [2.45, 2.75) is 51.3 Å². The summed E-state index contributed by atoms with van der Waals surface area (Å²) in [6.45, 7) is 8.88. The van der Waals surface area contributed by atoms with Gasteiger partial charge in [-0.15, -0.1) is 24.0 Å². The smallest absolute Gasteiger partial charge is 0.194 e. The van der Waals surface area contributed by atoms with Gasteiger partial charge in [0, 0.05) is 63.3 Å². The van der Waals surface area contributed by atoms with Crippen LogP contribution in [-0.4, -0.2) is 81.5 Å². The molecule has 0 bridgehead atoms. The Bertz CT molecular complexity index is 839. The summed E-state index contributed by atoms with van der Waals surface area (Å²) in [5.41, 5.74) is 1.63. The van der Waals surface area contributed by atoms with Gasteiger partial charge in [0.25, 0.3) is 0 Å². The van der Waals surface area contributed by atoms with E-state index in [4.69, 9.17) is 19.2 Å². The third-order valence-corrected chi connectivity index (χ3v) is 8.15. The quantitative estimate of drug-likeness (QED) is 0.322. The molecule has 184 valence electrons. The van der Waals surface area contributed by atoms with Gasteiger partial charge >= 0.3 is 0 Å². The standard InChI is InChI=1S/C25H38N4O3.HI/c1-4-26-24(27-22-19-8-15-32-23(19)25(22)9-5-10-25)29-13-11-28(12-14-29)17-18-6-7-20(30-2)21(16-18)31-3;/h6-7,16,19,22-23H,4-5,8-15,17H2,1-3H3,(H,26,27);1H. The molecule has 3 atom stereocenters. The van der Waals surface area contributed by atoms with Crippen molar-refractivity contribution in [3.63, 3.8) is 0 Å². The van der Waals surface area contributed by atoms with Crippen LogP contribution in [0.3, 0.4) is 0 Å². The highest BCUT2D eigenvalue weighted by molar-refractivity contribution is 14.0. The van der Waals surface area contributed by atoms with Gasteiger partial charge in [-0.05, 0) is 43.9 Å². The molecule has 5 rings (SSSR count). The third kappa shape index (κ3) is 4.55. The van der Waals surface area contributed by atoms with Crippen LogP contribution in [0.15, 0.2) is 23.2 Å². The molecular formula is C25H39IN4O3. The summed E-state index contributed by atoms with van der Waals surface area (Å²) in [7, 11) is 3.37. The van der Waals surface area contributed by atoms with E-state index in [0.717, 1.165) is 63.3 Å². The maximum Gasteiger partial charge on any atom is 0.194 e. The maximum atomic E-state index is 6.11. The first-order chi connectivity index (χ1) is 15.7. The van der Waals surface area contributed by atoms with E-state index in [1.807, 2.05) is 6.07 Å². The number of ether oxygens (including phenoxy) is 3. The monoisotopic (exact) mass is 570 g/mol. The second-order valence-electron chi connectivity index (χ2n) is 9.70. The molecule has 33 heavy (non-hydrogen) atoms. The van der Waals surface area contributed by atoms with Crippen molar-refractivity contribution in [3.05, 3.63) is 23.8 Å². The fraction of sp³-hybridized carbons (Fsp3) is 0.720. The van der Waals surface area contributed by atoms with Crippen molar-refractivity contribution in [2.75, 3.05) is 53.6 Å². The summed E-state index contributed by atoms with van der Waals surface area (Å²) in [5.74, 6) is 3.36. The van der Waals surface area contributed by atoms with E-state index in [1.165, 1.54) is 31.2 Å². The summed E-state index contributed by atoms with van der Waals surface area (Å²) < 4.78 is 17.0. The van der Waals surface area contributed by atoms with Crippen molar-refractivity contribution in [2.24, 2.45) is 16.3 Å². The van der Waals surface area contributed by atoms with Gasteiger partial charge in [0.1, 0.15) is 0 Å². The molecule has 4 fully saturated rings. The normalized spacial score (nSPS) is 28.4. The first-order valence-corrected chi connectivity index (χ1v) is 12.3. The lowest BCUT2D eigenvalue weighted by Crippen LogP contribution is -2.73. The summed E-state index contributed by atoms with van der Waals surface area (Å²) in [6.07, 6.45) is 5.66. The van der Waals surface area contributed by atoms with Crippen LogP contribution in [0.5, 0.6) is 11.5 Å². The molecule has 1 aromatic carbocycles. The lowest BCUT2D eigenvalue weighted by molar-refractivity contribution is -0.171. The van der Waals surface area contributed by atoms with Crippen LogP contribution in [0.2, 0.25) is 0 Å². The third-order valence-electron chi connectivity index (χ3n) is 8.15. The SMILES string of the molecule is CCN=C(NC1C2CCOC2C12CCC2)N1CCN(Cc2ccc(OC)c(OC)c2)CC1.I. The number of rotatable bonds is 6. The zero-order valence-corrected chi connectivity index (χ0v) is 22.5. The van der Waals surface area contributed by atoms with E-state index in [1.54, 1.807) is 14.2 Å². The molecule has 1 spiro atoms. The summed E-state index contributed by atoms with van der Waals surface area (Å²) in [6, 6.07) is 6.76. The zero-order chi connectivity index (χ0) is 22.1. The number of hydrogen-bond acceptors (Lipinski definition) is 5. The van der Waals surface area contributed by atoms with Crippen LogP contribution in [0.4, 0.5) is 0 Å². The van der Waals surface area contributed by atoms with Crippen molar-refractivity contribution in [1.82, 2.24) is 15.1 Å². The Morgan fingerprint density at radius 2 is 1.91 bits per heavy atom. The topological polar surface area (TPSA) is 58.6 Å². The number of benzene rings is 1. The molecule has 2 heterocycles. The number of piperazine rings is 1. The van der Waals surface area contributed by atoms with E-state index in [-0.39, 0.29) is 24.0 Å². The highest BCUT2D eigenvalue weighted by atomic mass is 127. The van der Waals surface area contributed by atoms with Gasteiger partial charge < -0.3 is 24.4 Å². The summed E-state index contributed by atoms with van der Waals surface area (Å²) in [4.78, 5) is 9.88. The van der Waals surface area contributed by atoms with E-state index in [9.17, 15) is 0 Å². The van der Waals surface area contributed by atoms with E-state index >= 15 is 0 Å². The molecule has 2 aliphatic heterocycles. The predicted molar refractivity (Wildman–Crippen MR) is 141 cm³/mol. The number of hydrogen-bond donors (Lipinski definition) is 1. The Morgan fingerprint density at radius 3 is 2.55 bits per heavy atom. The maximum absolute atomic E-state index is 6.11. The van der Waals surface area contributed by atoms with Crippen LogP contribution in [0.1, 0.15) is 38.2 Å². The molecule has 7 nitrogen and oxygen atoms in total. The van der Waals surface area contributed by atoms with Gasteiger partial charge in [-0.3, -0.25) is 9.89 Å². The Morgan fingerprint density at radius 1 is 1.15 bits per heavy atom. The van der Waals surface area contributed by atoms with Gasteiger partial charge in [-0.2, -0.15) is 0 Å². The van der Waals surface area contributed by atoms with Gasteiger partial charge in [-0.1, -0.05) is 12.5 Å². The van der Waals surface area contributed by atoms with Gasteiger partial charge in [0.2, 0.25) is 0 Å². The molecule has 4 aliphatic rings. The molecule has 2 saturated carbocycles. The van der Waals surface area contributed by atoms with Crippen molar-refractivity contribution >= 4 is 29.9 Å². The summed E-state index contributed by atoms with van der Waals surface area (Å²) in [5, 5.41) is 3.93. The van der Waals surface area contributed by atoms with Crippen LogP contribution >= 0.6 is 24.0 Å². The fourth-order valence-corrected chi connectivity index (χ4v) is 6.34. The molecule has 1 N–H and O–H groups in total. The second-order valence-corrected chi connectivity index (χ2v) is 9.70. The molecule has 2 aliphatic carbocycles. The molecule has 0 amide bonds. The lowest BCUT2D eigenvalue weighted by Gasteiger charge is -2.63. The number of fused-ring (bicyclic) bond motifs is 2. The van der Waals surface area contributed by atoms with Crippen molar-refractivity contribution < 1.29 is 14.2 Å². The number of nitrogens with zero attached hydrogens (tertiary/aromatic N) is 3. The van der Waals surface area contributed by atoms with E-state index in [0.29, 0.717) is 23.5 Å². The lowest BCUT2D eigenvalue weighted by atomic mass is 9.46. The van der Waals surface area contributed by atoms with E-state index in [2.05, 4.69) is 34.2 Å². The fourth-order valence-electron chi connectivity index (χ4n) is 6.34.